The second kappa shape index (κ2) is 8.03. The second-order valence-electron chi connectivity index (χ2n) is 5.15. The Morgan fingerprint density at radius 3 is 2.25 bits per heavy atom. The number of carbonyl (C=O) groups is 1. The van der Waals surface area contributed by atoms with Crippen LogP contribution in [0, 0.1) is 0 Å². The zero-order valence-corrected chi connectivity index (χ0v) is 15.0. The molecule has 0 aromatic heterocycles. The van der Waals surface area contributed by atoms with Crippen molar-refractivity contribution in [3.63, 3.8) is 0 Å². The van der Waals surface area contributed by atoms with Crippen molar-refractivity contribution in [1.29, 1.82) is 0 Å². The molecule has 24 heavy (non-hydrogen) atoms. The highest BCUT2D eigenvalue weighted by molar-refractivity contribution is 8.13. The Labute approximate surface area is 146 Å². The lowest BCUT2D eigenvalue weighted by atomic mass is 10.2. The van der Waals surface area contributed by atoms with Gasteiger partial charge in [-0.3, -0.25) is 9.52 Å². The molecule has 0 unspecified atom stereocenters. The van der Waals surface area contributed by atoms with Gasteiger partial charge >= 0.3 is 0 Å². The van der Waals surface area contributed by atoms with Gasteiger partial charge in [0.2, 0.25) is 0 Å². The average Bonchev–Trinajstić information content (AvgIpc) is 2.55. The number of rotatable bonds is 5. The molecule has 0 saturated heterocycles. The summed E-state index contributed by atoms with van der Waals surface area (Å²) < 4.78 is 26.6. The van der Waals surface area contributed by atoms with E-state index in [9.17, 15) is 13.2 Å². The fraction of sp³-hybridized carbons (Fsp3) is 0.118. The van der Waals surface area contributed by atoms with E-state index >= 15 is 0 Å². The zero-order chi connectivity index (χ0) is 17.6. The van der Waals surface area contributed by atoms with Crippen LogP contribution in [-0.4, -0.2) is 32.7 Å². The summed E-state index contributed by atoms with van der Waals surface area (Å²) in [4.78, 5) is 13.8. The minimum atomic E-state index is -3.59. The van der Waals surface area contributed by atoms with Crippen LogP contribution in [0.2, 0.25) is 0 Å². The summed E-state index contributed by atoms with van der Waals surface area (Å²) in [6.45, 7) is 0. The van der Waals surface area contributed by atoms with E-state index < -0.39 is 10.0 Å². The molecule has 0 aliphatic heterocycles. The molecule has 0 saturated carbocycles. The van der Waals surface area contributed by atoms with Crippen molar-refractivity contribution >= 4 is 38.8 Å². The number of sulfonamides is 1. The predicted octanol–water partition coefficient (Wildman–Crippen LogP) is 3.87. The van der Waals surface area contributed by atoms with Crippen LogP contribution < -0.4 is 4.72 Å². The molecule has 5 nitrogen and oxygen atoms in total. The number of nitrogens with zero attached hydrogens (tertiary/aromatic N) is 1. The topological polar surface area (TPSA) is 66.5 Å². The van der Waals surface area contributed by atoms with Crippen LogP contribution in [0.4, 0.5) is 10.5 Å². The highest BCUT2D eigenvalue weighted by Gasteiger charge is 2.08. The quantitative estimate of drug-likeness (QED) is 0.820. The molecule has 2 aromatic rings. The largest absolute Gasteiger partial charge is 0.339 e. The van der Waals surface area contributed by atoms with Crippen molar-refractivity contribution in [1.82, 2.24) is 4.90 Å². The van der Waals surface area contributed by atoms with Crippen LogP contribution in [-0.2, 0) is 10.0 Å². The molecule has 2 rings (SSSR count). The molecule has 1 N–H and O–H groups in total. The van der Waals surface area contributed by atoms with E-state index in [4.69, 9.17) is 0 Å². The number of amides is 1. The van der Waals surface area contributed by atoms with E-state index in [1.807, 2.05) is 30.3 Å². The molecule has 0 aliphatic rings. The Hall–Kier alpha value is -2.25. The summed E-state index contributed by atoms with van der Waals surface area (Å²) in [6.07, 6.45) is 1.53. The summed E-state index contributed by atoms with van der Waals surface area (Å²) in [5, 5.41) is 1.04. The lowest BCUT2D eigenvalue weighted by Crippen LogP contribution is -2.16. The van der Waals surface area contributed by atoms with Crippen LogP contribution >= 0.6 is 11.8 Å². The van der Waals surface area contributed by atoms with E-state index in [1.165, 1.54) is 11.0 Å². The van der Waals surface area contributed by atoms with Gasteiger partial charge < -0.3 is 4.90 Å². The maximum Gasteiger partial charge on any atom is 0.285 e. The smallest absolute Gasteiger partial charge is 0.285 e. The maximum atomic E-state index is 12.1. The van der Waals surface area contributed by atoms with Crippen LogP contribution in [0.5, 0.6) is 0 Å². The van der Waals surface area contributed by atoms with Crippen molar-refractivity contribution in [2.75, 3.05) is 18.8 Å². The minimum absolute atomic E-state index is 0.0888. The molecule has 7 heteroatoms. The molecule has 0 aliphatic carbocycles. The average molecular weight is 362 g/mol. The molecule has 0 bridgehead atoms. The van der Waals surface area contributed by atoms with Gasteiger partial charge in [0.1, 0.15) is 0 Å². The Morgan fingerprint density at radius 1 is 1.04 bits per heavy atom. The number of anilines is 1. The Kier molecular flexibility index (Phi) is 6.05. The second-order valence-corrected chi connectivity index (χ2v) is 7.74. The zero-order valence-electron chi connectivity index (χ0n) is 13.3. The number of hydrogen-bond acceptors (Lipinski definition) is 4. The predicted molar refractivity (Wildman–Crippen MR) is 99.4 cm³/mol. The number of thioether (sulfide) groups is 1. The third-order valence-electron chi connectivity index (χ3n) is 2.92. The van der Waals surface area contributed by atoms with E-state index in [1.54, 1.807) is 38.4 Å². The first-order valence-electron chi connectivity index (χ1n) is 7.11. The standard InChI is InChI=1S/C17H18N2O3S2/c1-19(2)17(20)23-16-10-8-15(9-11-16)18-24(21,22)13-12-14-6-4-3-5-7-14/h3-13,18H,1-2H3/b13-12+. The fourth-order valence-electron chi connectivity index (χ4n) is 1.71. The van der Waals surface area contributed by atoms with Crippen LogP contribution in [0.25, 0.3) is 6.08 Å². The lowest BCUT2D eigenvalue weighted by Gasteiger charge is -2.09. The van der Waals surface area contributed by atoms with Gasteiger partial charge in [-0.05, 0) is 47.7 Å². The SMILES string of the molecule is CN(C)C(=O)Sc1ccc(NS(=O)(=O)/C=C/c2ccccc2)cc1. The van der Waals surface area contributed by atoms with Crippen molar-refractivity contribution in [2.45, 2.75) is 4.90 Å². The van der Waals surface area contributed by atoms with Gasteiger partial charge in [0.15, 0.2) is 0 Å². The number of nitrogens with one attached hydrogen (secondary N) is 1. The first kappa shape index (κ1) is 18.1. The molecule has 0 atom stereocenters. The Balaban J connectivity index is 2.02. The third-order valence-corrected chi connectivity index (χ3v) is 4.99. The molecule has 1 amide bonds. The van der Waals surface area contributed by atoms with Crippen molar-refractivity contribution in [2.24, 2.45) is 0 Å². The highest BCUT2D eigenvalue weighted by atomic mass is 32.2. The highest BCUT2D eigenvalue weighted by Crippen LogP contribution is 2.23. The van der Waals surface area contributed by atoms with Crippen LogP contribution in [0.15, 0.2) is 64.9 Å². The third kappa shape index (κ3) is 5.75. The Morgan fingerprint density at radius 2 is 1.67 bits per heavy atom. The summed E-state index contributed by atoms with van der Waals surface area (Å²) in [5.41, 5.74) is 1.24. The van der Waals surface area contributed by atoms with Gasteiger partial charge in [-0.25, -0.2) is 8.42 Å². The van der Waals surface area contributed by atoms with Gasteiger partial charge in [-0.1, -0.05) is 30.3 Å². The normalized spacial score (nSPS) is 11.4. The minimum Gasteiger partial charge on any atom is -0.339 e. The first-order chi connectivity index (χ1) is 11.4. The van der Waals surface area contributed by atoms with Gasteiger partial charge in [0.25, 0.3) is 15.3 Å². The molecule has 0 spiro atoms. The fourth-order valence-corrected chi connectivity index (χ4v) is 3.24. The van der Waals surface area contributed by atoms with Crippen molar-refractivity contribution in [3.8, 4) is 0 Å². The van der Waals surface area contributed by atoms with Gasteiger partial charge in [0.05, 0.1) is 5.41 Å². The summed E-state index contributed by atoms with van der Waals surface area (Å²) in [7, 11) is -0.240. The number of carbonyl (C=O) groups excluding carboxylic acids is 1. The van der Waals surface area contributed by atoms with Crippen LogP contribution in [0.3, 0.4) is 0 Å². The molecule has 2 aromatic carbocycles. The van der Waals surface area contributed by atoms with Crippen molar-refractivity contribution < 1.29 is 13.2 Å². The Bertz CT molecular complexity index is 815. The summed E-state index contributed by atoms with van der Waals surface area (Å²) in [6, 6.07) is 15.8. The summed E-state index contributed by atoms with van der Waals surface area (Å²) >= 11 is 1.08. The van der Waals surface area contributed by atoms with E-state index in [0.717, 1.165) is 27.6 Å². The lowest BCUT2D eigenvalue weighted by molar-refractivity contribution is 0.241. The van der Waals surface area contributed by atoms with E-state index in [-0.39, 0.29) is 5.24 Å². The molecule has 0 fully saturated rings. The summed E-state index contributed by atoms with van der Waals surface area (Å²) in [5.74, 6) is 0. The van der Waals surface area contributed by atoms with E-state index in [2.05, 4.69) is 4.72 Å². The molecule has 0 heterocycles. The monoisotopic (exact) mass is 362 g/mol. The molecule has 126 valence electrons. The molecular weight excluding hydrogens is 344 g/mol. The van der Waals surface area contributed by atoms with Crippen LogP contribution in [0.1, 0.15) is 5.56 Å². The first-order valence-corrected chi connectivity index (χ1v) is 9.47. The maximum absolute atomic E-state index is 12.1. The van der Waals surface area contributed by atoms with E-state index in [0.29, 0.717) is 5.69 Å². The number of benzene rings is 2. The van der Waals surface area contributed by atoms with Gasteiger partial charge in [-0.15, -0.1) is 0 Å². The van der Waals surface area contributed by atoms with Gasteiger partial charge in [0, 0.05) is 24.7 Å². The number of hydrogen-bond donors (Lipinski definition) is 1. The van der Waals surface area contributed by atoms with Gasteiger partial charge in [-0.2, -0.15) is 0 Å². The molecular formula is C17H18N2O3S2. The molecule has 0 radical (unpaired) electrons. The van der Waals surface area contributed by atoms with Crippen molar-refractivity contribution in [3.05, 3.63) is 65.6 Å².